The zero-order valence-corrected chi connectivity index (χ0v) is 11.9. The first-order valence-electron chi connectivity index (χ1n) is 7.06. The van der Waals surface area contributed by atoms with Gasteiger partial charge in [-0.1, -0.05) is 44.2 Å². The van der Waals surface area contributed by atoms with Crippen molar-refractivity contribution in [2.75, 3.05) is 0 Å². The Morgan fingerprint density at radius 1 is 1.30 bits per heavy atom. The van der Waals surface area contributed by atoms with Crippen LogP contribution in [0.15, 0.2) is 30.3 Å². The van der Waals surface area contributed by atoms with Gasteiger partial charge in [-0.25, -0.2) is 0 Å². The van der Waals surface area contributed by atoms with Crippen LogP contribution in [0.1, 0.15) is 32.3 Å². The van der Waals surface area contributed by atoms with Gasteiger partial charge in [0.15, 0.2) is 0 Å². The van der Waals surface area contributed by atoms with Gasteiger partial charge in [0.2, 0.25) is 6.29 Å². The van der Waals surface area contributed by atoms with Crippen LogP contribution in [-0.4, -0.2) is 24.5 Å². The van der Waals surface area contributed by atoms with Gasteiger partial charge in [-0.05, 0) is 5.56 Å². The summed E-state index contributed by atoms with van der Waals surface area (Å²) in [6.07, 6.45) is 0.529. The monoisotopic (exact) mass is 276 g/mol. The van der Waals surface area contributed by atoms with Gasteiger partial charge in [0.25, 0.3) is 0 Å². The molecule has 0 saturated carbocycles. The molecule has 0 aromatic heterocycles. The maximum absolute atomic E-state index is 11.5. The van der Waals surface area contributed by atoms with Crippen molar-refractivity contribution in [3.8, 4) is 0 Å². The minimum Gasteiger partial charge on any atom is -0.435 e. The molecule has 0 amide bonds. The van der Waals surface area contributed by atoms with E-state index in [0.29, 0.717) is 13.0 Å². The van der Waals surface area contributed by atoms with Crippen LogP contribution in [-0.2, 0) is 25.6 Å². The van der Waals surface area contributed by atoms with Crippen molar-refractivity contribution in [2.45, 2.75) is 51.8 Å². The first-order valence-corrected chi connectivity index (χ1v) is 7.06. The summed E-state index contributed by atoms with van der Waals surface area (Å²) in [5, 5.41) is 0. The van der Waals surface area contributed by atoms with E-state index in [9.17, 15) is 4.79 Å². The lowest BCUT2D eigenvalue weighted by molar-refractivity contribution is -0.296. The Morgan fingerprint density at radius 3 is 2.80 bits per heavy atom. The Bertz CT molecular complexity index is 483. The van der Waals surface area contributed by atoms with E-state index >= 15 is 0 Å². The van der Waals surface area contributed by atoms with Crippen LogP contribution < -0.4 is 0 Å². The lowest BCUT2D eigenvalue weighted by Gasteiger charge is -2.48. The van der Waals surface area contributed by atoms with Crippen LogP contribution in [0.3, 0.4) is 0 Å². The Morgan fingerprint density at radius 2 is 2.05 bits per heavy atom. The van der Waals surface area contributed by atoms with Crippen molar-refractivity contribution in [2.24, 2.45) is 5.41 Å². The summed E-state index contributed by atoms with van der Waals surface area (Å²) in [7, 11) is 0. The van der Waals surface area contributed by atoms with Crippen LogP contribution in [0, 0.1) is 5.41 Å². The third-order valence-corrected chi connectivity index (χ3v) is 4.16. The van der Waals surface area contributed by atoms with Crippen molar-refractivity contribution in [1.82, 2.24) is 0 Å². The first kappa shape index (κ1) is 13.6. The van der Waals surface area contributed by atoms with Gasteiger partial charge < -0.3 is 14.2 Å². The average molecular weight is 276 g/mol. The lowest BCUT2D eigenvalue weighted by Crippen LogP contribution is -2.56. The third kappa shape index (κ3) is 2.58. The van der Waals surface area contributed by atoms with Crippen molar-refractivity contribution < 1.29 is 19.0 Å². The highest BCUT2D eigenvalue weighted by atomic mass is 16.7. The van der Waals surface area contributed by atoms with Gasteiger partial charge in [0.05, 0.1) is 30.7 Å². The number of rotatable bonds is 3. The molecular weight excluding hydrogens is 256 g/mol. The van der Waals surface area contributed by atoms with Crippen molar-refractivity contribution in [3.63, 3.8) is 0 Å². The minimum atomic E-state index is -0.497. The summed E-state index contributed by atoms with van der Waals surface area (Å²) in [4.78, 5) is 11.5. The molecule has 108 valence electrons. The van der Waals surface area contributed by atoms with Gasteiger partial charge >= 0.3 is 5.97 Å². The van der Waals surface area contributed by atoms with E-state index in [4.69, 9.17) is 14.2 Å². The highest BCUT2D eigenvalue weighted by molar-refractivity contribution is 5.70. The van der Waals surface area contributed by atoms with Crippen LogP contribution >= 0.6 is 0 Å². The molecule has 0 aliphatic carbocycles. The largest absolute Gasteiger partial charge is 0.435 e. The molecular formula is C16H20O4. The minimum absolute atomic E-state index is 0.0274. The Labute approximate surface area is 119 Å². The number of carbonyl (C=O) groups excluding carboxylic acids is 1. The fourth-order valence-corrected chi connectivity index (χ4v) is 2.82. The second-order valence-electron chi connectivity index (χ2n) is 6.13. The molecule has 1 aromatic rings. The molecule has 2 aliphatic heterocycles. The summed E-state index contributed by atoms with van der Waals surface area (Å²) in [5.41, 5.74) is 0.818. The van der Waals surface area contributed by atoms with E-state index < -0.39 is 6.29 Å². The molecule has 0 N–H and O–H groups in total. The number of ether oxygens (including phenoxy) is 3. The average Bonchev–Trinajstić information content (AvgIpc) is 2.42. The quantitative estimate of drug-likeness (QED) is 0.796. The van der Waals surface area contributed by atoms with Crippen LogP contribution in [0.4, 0.5) is 0 Å². The van der Waals surface area contributed by atoms with E-state index in [1.54, 1.807) is 0 Å². The summed E-state index contributed by atoms with van der Waals surface area (Å²) < 4.78 is 17.2. The van der Waals surface area contributed by atoms with Crippen molar-refractivity contribution in [1.29, 1.82) is 0 Å². The molecule has 2 heterocycles. The molecule has 2 saturated heterocycles. The van der Waals surface area contributed by atoms with E-state index in [0.717, 1.165) is 12.0 Å². The van der Waals surface area contributed by atoms with Crippen molar-refractivity contribution in [3.05, 3.63) is 35.9 Å². The highest BCUT2D eigenvalue weighted by Crippen LogP contribution is 2.42. The molecule has 3 atom stereocenters. The molecule has 0 radical (unpaired) electrons. The van der Waals surface area contributed by atoms with E-state index in [1.807, 2.05) is 44.2 Å². The smallest absolute Gasteiger partial charge is 0.310 e. The number of esters is 1. The first-order chi connectivity index (χ1) is 9.55. The second-order valence-corrected chi connectivity index (χ2v) is 6.13. The molecule has 20 heavy (non-hydrogen) atoms. The molecule has 2 fully saturated rings. The molecule has 0 spiro atoms. The predicted octanol–water partition coefficient (Wildman–Crippen LogP) is 2.66. The molecule has 4 heteroatoms. The Hall–Kier alpha value is -1.39. The molecule has 2 bridgehead atoms. The zero-order valence-electron chi connectivity index (χ0n) is 11.9. The van der Waals surface area contributed by atoms with E-state index in [1.165, 1.54) is 0 Å². The Balaban J connectivity index is 1.68. The summed E-state index contributed by atoms with van der Waals surface area (Å²) in [6, 6.07) is 10.1. The second kappa shape index (κ2) is 5.19. The molecule has 4 nitrogen and oxygen atoms in total. The topological polar surface area (TPSA) is 44.8 Å². The number of benzene rings is 1. The van der Waals surface area contributed by atoms with Gasteiger partial charge in [0, 0.05) is 6.42 Å². The van der Waals surface area contributed by atoms with Gasteiger partial charge in [-0.2, -0.15) is 0 Å². The summed E-state index contributed by atoms with van der Waals surface area (Å²) in [6.45, 7) is 4.63. The SMILES string of the molecule is CC1(C)[C@H]2OC(=O)C[C@@H](C[C@H]1OCc1ccccc1)O2. The molecule has 3 rings (SSSR count). The maximum Gasteiger partial charge on any atom is 0.310 e. The highest BCUT2D eigenvalue weighted by Gasteiger charge is 2.50. The lowest BCUT2D eigenvalue weighted by atomic mass is 9.79. The number of carbonyl (C=O) groups is 1. The van der Waals surface area contributed by atoms with E-state index in [2.05, 4.69) is 0 Å². The van der Waals surface area contributed by atoms with Crippen molar-refractivity contribution >= 4 is 5.97 Å². The van der Waals surface area contributed by atoms with E-state index in [-0.39, 0.29) is 23.6 Å². The maximum atomic E-state index is 11.5. The van der Waals surface area contributed by atoms with Gasteiger partial charge in [0.1, 0.15) is 0 Å². The standard InChI is InChI=1S/C16H20O4/c1-16(2)13(18-10-11-6-4-3-5-7-11)8-12-9-14(17)20-15(16)19-12/h3-7,12-13,15H,8-10H2,1-2H3/t12-,13-,15-/m1/s1. The normalized spacial score (nSPS) is 31.7. The molecule has 0 unspecified atom stereocenters. The predicted molar refractivity (Wildman–Crippen MR) is 72.8 cm³/mol. The number of hydrogen-bond donors (Lipinski definition) is 0. The summed E-state index contributed by atoms with van der Waals surface area (Å²) >= 11 is 0. The van der Waals surface area contributed by atoms with Crippen LogP contribution in [0.2, 0.25) is 0 Å². The van der Waals surface area contributed by atoms with Gasteiger partial charge in [-0.3, -0.25) is 4.79 Å². The van der Waals surface area contributed by atoms with Gasteiger partial charge in [-0.15, -0.1) is 0 Å². The summed E-state index contributed by atoms with van der Waals surface area (Å²) in [5.74, 6) is -0.166. The zero-order chi connectivity index (χ0) is 14.2. The molecule has 2 aliphatic rings. The molecule has 1 aromatic carbocycles. The number of hydrogen-bond acceptors (Lipinski definition) is 4. The van der Waals surface area contributed by atoms with Crippen LogP contribution in [0.5, 0.6) is 0 Å². The third-order valence-electron chi connectivity index (χ3n) is 4.16. The number of fused-ring (bicyclic) bond motifs is 2. The fraction of sp³-hybridized carbons (Fsp3) is 0.562. The van der Waals surface area contributed by atoms with Crippen LogP contribution in [0.25, 0.3) is 0 Å². The Kier molecular flexibility index (Phi) is 3.52. The fourth-order valence-electron chi connectivity index (χ4n) is 2.82.